The summed E-state index contributed by atoms with van der Waals surface area (Å²) >= 11 is 0. The van der Waals surface area contributed by atoms with Crippen LogP contribution in [0.15, 0.2) is 66.7 Å². The number of hydrogen-bond donors (Lipinski definition) is 1. The van der Waals surface area contributed by atoms with Gasteiger partial charge in [0.05, 0.1) is 19.8 Å². The van der Waals surface area contributed by atoms with Crippen LogP contribution in [-0.2, 0) is 22.4 Å². The van der Waals surface area contributed by atoms with E-state index in [1.807, 2.05) is 30.3 Å². The first-order valence-corrected chi connectivity index (χ1v) is 13.0. The summed E-state index contributed by atoms with van der Waals surface area (Å²) < 4.78 is 10.5. The summed E-state index contributed by atoms with van der Waals surface area (Å²) in [4.78, 5) is 53.3. The van der Waals surface area contributed by atoms with E-state index in [2.05, 4.69) is 17.4 Å². The molecule has 0 saturated heterocycles. The first-order chi connectivity index (χ1) is 19.0. The van der Waals surface area contributed by atoms with E-state index in [1.165, 1.54) is 36.8 Å². The van der Waals surface area contributed by atoms with Crippen molar-refractivity contribution in [2.75, 3.05) is 25.7 Å². The van der Waals surface area contributed by atoms with Gasteiger partial charge in [-0.1, -0.05) is 48.5 Å². The van der Waals surface area contributed by atoms with Crippen LogP contribution in [-0.4, -0.2) is 50.7 Å². The van der Waals surface area contributed by atoms with Crippen molar-refractivity contribution in [1.29, 1.82) is 0 Å². The number of Topliss-reactive ketones (excluding diaryl/α,β-unsaturated/α-hetero) is 1. The number of rotatable bonds is 11. The maximum atomic E-state index is 13.7. The van der Waals surface area contributed by atoms with Crippen LogP contribution in [0, 0.1) is 0 Å². The number of ether oxygens (including phenoxy) is 2. The van der Waals surface area contributed by atoms with Crippen molar-refractivity contribution >= 4 is 29.6 Å². The van der Waals surface area contributed by atoms with Gasteiger partial charge in [0.25, 0.3) is 11.7 Å². The average molecular weight is 529 g/mol. The minimum absolute atomic E-state index is 0.00225. The molecule has 0 spiro atoms. The third-order valence-corrected chi connectivity index (χ3v) is 6.92. The molecule has 0 radical (unpaired) electrons. The van der Waals surface area contributed by atoms with Crippen molar-refractivity contribution in [1.82, 2.24) is 5.32 Å². The van der Waals surface area contributed by atoms with Crippen molar-refractivity contribution in [2.24, 2.45) is 0 Å². The van der Waals surface area contributed by atoms with Gasteiger partial charge in [-0.2, -0.15) is 0 Å². The van der Waals surface area contributed by atoms with E-state index in [0.29, 0.717) is 31.4 Å². The molecule has 1 N–H and O–H groups in total. The van der Waals surface area contributed by atoms with Crippen molar-refractivity contribution in [3.8, 4) is 11.5 Å². The summed E-state index contributed by atoms with van der Waals surface area (Å²) in [6, 6.07) is 19.3. The molecule has 3 aromatic carbocycles. The molecule has 0 aliphatic carbocycles. The molecule has 0 saturated carbocycles. The molecule has 8 heteroatoms. The lowest BCUT2D eigenvalue weighted by Gasteiger charge is -2.36. The number of fused-ring (bicyclic) bond motifs is 1. The van der Waals surface area contributed by atoms with Crippen LogP contribution >= 0.6 is 0 Å². The van der Waals surface area contributed by atoms with E-state index in [1.54, 1.807) is 12.1 Å². The Hall–Kier alpha value is -4.46. The molecule has 8 nitrogen and oxygen atoms in total. The molecule has 0 aromatic heterocycles. The number of methoxy groups -OCH3 is 2. The topological polar surface area (TPSA) is 102 Å². The molecule has 4 rings (SSSR count). The molecular formula is C31H32N2O6. The van der Waals surface area contributed by atoms with Gasteiger partial charge in [0.15, 0.2) is 6.29 Å². The van der Waals surface area contributed by atoms with Crippen LogP contribution in [0.5, 0.6) is 11.5 Å². The van der Waals surface area contributed by atoms with Gasteiger partial charge in [0, 0.05) is 17.8 Å². The van der Waals surface area contributed by atoms with E-state index in [-0.39, 0.29) is 28.5 Å². The standard InChI is InChI=1S/C31H32N2O6/c1-38-27-18-23(19-28(39-2)24(27)20-34)29(35)31(37)33-25-14-7-6-13-22(25)15-16-26(33)30(36)32-17-9-8-12-21-10-4-3-5-11-21/h3-7,10-11,13-14,18-20,26H,8-9,12,15-17H2,1-2H3,(H,32,36)/t26-/m0/s1. The van der Waals surface area contributed by atoms with Crippen LogP contribution in [0.1, 0.15) is 51.1 Å². The second-order valence-electron chi connectivity index (χ2n) is 9.33. The molecule has 1 atom stereocenters. The van der Waals surface area contributed by atoms with Crippen molar-refractivity contribution < 1.29 is 28.7 Å². The minimum Gasteiger partial charge on any atom is -0.496 e. The monoisotopic (exact) mass is 528 g/mol. The second-order valence-corrected chi connectivity index (χ2v) is 9.33. The highest BCUT2D eigenvalue weighted by Gasteiger charge is 2.38. The Labute approximate surface area is 227 Å². The molecule has 2 amide bonds. The fraction of sp³-hybridized carbons (Fsp3) is 0.290. The lowest BCUT2D eigenvalue weighted by atomic mass is 9.93. The van der Waals surface area contributed by atoms with Gasteiger partial charge in [0.1, 0.15) is 17.5 Å². The number of aldehydes is 1. The number of unbranched alkanes of at least 4 members (excludes halogenated alkanes) is 1. The highest BCUT2D eigenvalue weighted by Crippen LogP contribution is 2.33. The van der Waals surface area contributed by atoms with Crippen LogP contribution < -0.4 is 19.7 Å². The quantitative estimate of drug-likeness (QED) is 0.173. The number of nitrogens with zero attached hydrogens (tertiary/aromatic N) is 1. The van der Waals surface area contributed by atoms with Gasteiger partial charge < -0.3 is 14.8 Å². The third-order valence-electron chi connectivity index (χ3n) is 6.92. The van der Waals surface area contributed by atoms with Crippen molar-refractivity contribution in [2.45, 2.75) is 38.1 Å². The number of ketones is 1. The molecule has 1 heterocycles. The van der Waals surface area contributed by atoms with Gasteiger partial charge in [-0.05, 0) is 61.4 Å². The Morgan fingerprint density at radius 1 is 0.949 bits per heavy atom. The van der Waals surface area contributed by atoms with E-state index >= 15 is 0 Å². The van der Waals surface area contributed by atoms with Gasteiger partial charge >= 0.3 is 0 Å². The summed E-state index contributed by atoms with van der Waals surface area (Å²) in [6.45, 7) is 0.474. The number of aryl methyl sites for hydroxylation is 2. The van der Waals surface area contributed by atoms with E-state index < -0.39 is 17.7 Å². The number of nitrogens with one attached hydrogen (secondary N) is 1. The summed E-state index contributed by atoms with van der Waals surface area (Å²) in [7, 11) is 2.72. The molecule has 0 fully saturated rings. The fourth-order valence-electron chi connectivity index (χ4n) is 4.89. The molecule has 1 aliphatic rings. The fourth-order valence-corrected chi connectivity index (χ4v) is 4.89. The number of hydrogen-bond acceptors (Lipinski definition) is 6. The highest BCUT2D eigenvalue weighted by atomic mass is 16.5. The number of amides is 2. The SMILES string of the molecule is COc1cc(C(=O)C(=O)N2c3ccccc3CC[C@H]2C(=O)NCCCCc2ccccc2)cc(OC)c1C=O. The zero-order valence-corrected chi connectivity index (χ0v) is 22.1. The Morgan fingerprint density at radius 3 is 2.28 bits per heavy atom. The first-order valence-electron chi connectivity index (χ1n) is 13.0. The lowest BCUT2D eigenvalue weighted by molar-refractivity contribution is -0.125. The summed E-state index contributed by atoms with van der Waals surface area (Å²) in [6.07, 6.45) is 4.19. The number of carbonyl (C=O) groups is 4. The largest absolute Gasteiger partial charge is 0.496 e. The predicted molar refractivity (Wildman–Crippen MR) is 148 cm³/mol. The van der Waals surface area contributed by atoms with Gasteiger partial charge in [-0.25, -0.2) is 0 Å². The maximum Gasteiger partial charge on any atom is 0.300 e. The highest BCUT2D eigenvalue weighted by molar-refractivity contribution is 6.48. The smallest absolute Gasteiger partial charge is 0.300 e. The van der Waals surface area contributed by atoms with Crippen molar-refractivity contribution in [3.63, 3.8) is 0 Å². The lowest BCUT2D eigenvalue weighted by Crippen LogP contribution is -2.54. The van der Waals surface area contributed by atoms with Crippen LogP contribution in [0.3, 0.4) is 0 Å². The number of carbonyl (C=O) groups excluding carboxylic acids is 4. The Bertz CT molecular complexity index is 1330. The zero-order chi connectivity index (χ0) is 27.8. The molecule has 0 bridgehead atoms. The van der Waals surface area contributed by atoms with Crippen LogP contribution in [0.25, 0.3) is 0 Å². The number of benzene rings is 3. The minimum atomic E-state index is -0.839. The average Bonchev–Trinajstić information content (AvgIpc) is 2.99. The van der Waals surface area contributed by atoms with E-state index in [4.69, 9.17) is 9.47 Å². The van der Waals surface area contributed by atoms with Crippen LogP contribution in [0.4, 0.5) is 5.69 Å². The summed E-state index contributed by atoms with van der Waals surface area (Å²) in [5, 5.41) is 2.96. The number of anilines is 1. The van der Waals surface area contributed by atoms with Crippen molar-refractivity contribution in [3.05, 3.63) is 89.0 Å². The normalized spacial score (nSPS) is 14.2. The van der Waals surface area contributed by atoms with Gasteiger partial charge in [-0.15, -0.1) is 0 Å². The van der Waals surface area contributed by atoms with E-state index in [9.17, 15) is 19.2 Å². The summed E-state index contributed by atoms with van der Waals surface area (Å²) in [5.74, 6) is -1.73. The first kappa shape index (κ1) is 27.6. The maximum absolute atomic E-state index is 13.7. The molecule has 39 heavy (non-hydrogen) atoms. The second kappa shape index (κ2) is 12.9. The van der Waals surface area contributed by atoms with E-state index in [0.717, 1.165) is 24.8 Å². The molecule has 202 valence electrons. The number of para-hydroxylation sites is 1. The molecule has 3 aromatic rings. The molecule has 0 unspecified atom stereocenters. The third kappa shape index (κ3) is 6.17. The Balaban J connectivity index is 1.52. The molecule has 1 aliphatic heterocycles. The summed E-state index contributed by atoms with van der Waals surface area (Å²) in [5.41, 5.74) is 2.81. The zero-order valence-electron chi connectivity index (χ0n) is 22.1. The predicted octanol–water partition coefficient (Wildman–Crippen LogP) is 4.19. The Morgan fingerprint density at radius 2 is 1.62 bits per heavy atom. The Kier molecular flexibility index (Phi) is 9.10. The van der Waals surface area contributed by atoms with Gasteiger partial charge in [-0.3, -0.25) is 24.1 Å². The van der Waals surface area contributed by atoms with Gasteiger partial charge in [0.2, 0.25) is 5.91 Å². The van der Waals surface area contributed by atoms with Crippen LogP contribution in [0.2, 0.25) is 0 Å². The molecular weight excluding hydrogens is 496 g/mol.